The maximum Gasteiger partial charge on any atom is 0.406 e. The number of aromatic nitrogens is 2. The molecule has 0 amide bonds. The zero-order chi connectivity index (χ0) is 17.3. The van der Waals surface area contributed by atoms with Gasteiger partial charge in [-0.15, -0.1) is 0 Å². The average molecular weight is 334 g/mol. The van der Waals surface area contributed by atoms with Gasteiger partial charge in [-0.25, -0.2) is 4.79 Å². The van der Waals surface area contributed by atoms with Crippen molar-refractivity contribution >= 4 is 10.9 Å². The van der Waals surface area contributed by atoms with Crippen LogP contribution in [0.4, 0.5) is 13.2 Å². The van der Waals surface area contributed by atoms with Crippen molar-refractivity contribution in [2.45, 2.75) is 12.7 Å². The summed E-state index contributed by atoms with van der Waals surface area (Å²) in [5.74, 6) is 0.364. The summed E-state index contributed by atoms with van der Waals surface area (Å²) in [6.07, 6.45) is -4.53. The highest BCUT2D eigenvalue weighted by Crippen LogP contribution is 2.29. The van der Waals surface area contributed by atoms with Crippen LogP contribution in [0.25, 0.3) is 22.2 Å². The minimum atomic E-state index is -4.53. The predicted molar refractivity (Wildman–Crippen MR) is 84.0 cm³/mol. The molecular weight excluding hydrogens is 321 g/mol. The molecular formula is C17H13F3N2O2. The zero-order valence-electron chi connectivity index (χ0n) is 12.7. The van der Waals surface area contributed by atoms with Crippen LogP contribution in [0.3, 0.4) is 0 Å². The number of fused-ring (bicyclic) bond motifs is 1. The minimum absolute atomic E-state index is 0.130. The van der Waals surface area contributed by atoms with E-state index in [4.69, 9.17) is 4.74 Å². The van der Waals surface area contributed by atoms with Gasteiger partial charge in [0.15, 0.2) is 0 Å². The summed E-state index contributed by atoms with van der Waals surface area (Å²) in [5, 5.41) is 0.450. The molecule has 0 fully saturated rings. The summed E-state index contributed by atoms with van der Waals surface area (Å²) in [5.41, 5.74) is 0.179. The molecule has 3 aromatic rings. The standard InChI is InChI=1S/C17H13F3N2O2/c1-24-12-7-8-13-14(9-12)22(10-17(18,19)20)16(23)21-15(13)11-5-3-2-4-6-11/h2-9H,10H2,1H3. The first kappa shape index (κ1) is 16.0. The van der Waals surface area contributed by atoms with Crippen LogP contribution >= 0.6 is 0 Å². The van der Waals surface area contributed by atoms with Crippen LogP contribution in [0, 0.1) is 0 Å². The lowest BCUT2D eigenvalue weighted by Gasteiger charge is -2.15. The van der Waals surface area contributed by atoms with E-state index in [1.54, 1.807) is 42.5 Å². The fourth-order valence-electron chi connectivity index (χ4n) is 2.53. The van der Waals surface area contributed by atoms with Crippen molar-refractivity contribution in [3.05, 3.63) is 59.0 Å². The first-order valence-corrected chi connectivity index (χ1v) is 7.10. The Balaban J connectivity index is 2.34. The van der Waals surface area contributed by atoms with Crippen molar-refractivity contribution in [1.29, 1.82) is 0 Å². The highest BCUT2D eigenvalue weighted by atomic mass is 19.4. The molecule has 3 rings (SSSR count). The number of hydrogen-bond donors (Lipinski definition) is 0. The molecule has 0 bridgehead atoms. The number of nitrogens with zero attached hydrogens (tertiary/aromatic N) is 2. The van der Waals surface area contributed by atoms with E-state index in [9.17, 15) is 18.0 Å². The van der Waals surface area contributed by atoms with Gasteiger partial charge in [0.05, 0.1) is 18.3 Å². The number of rotatable bonds is 3. The van der Waals surface area contributed by atoms with E-state index in [-0.39, 0.29) is 5.52 Å². The van der Waals surface area contributed by atoms with Gasteiger partial charge >= 0.3 is 11.9 Å². The first-order chi connectivity index (χ1) is 11.4. The fraction of sp³-hybridized carbons (Fsp3) is 0.176. The molecule has 1 aromatic heterocycles. The van der Waals surface area contributed by atoms with Gasteiger partial charge in [-0.05, 0) is 12.1 Å². The van der Waals surface area contributed by atoms with Crippen molar-refractivity contribution in [3.8, 4) is 17.0 Å². The van der Waals surface area contributed by atoms with Crippen LogP contribution < -0.4 is 10.4 Å². The molecule has 0 atom stereocenters. The quantitative estimate of drug-likeness (QED) is 0.735. The van der Waals surface area contributed by atoms with E-state index >= 15 is 0 Å². The Morgan fingerprint density at radius 2 is 1.83 bits per heavy atom. The molecule has 0 aliphatic carbocycles. The molecule has 0 unspecified atom stereocenters. The lowest BCUT2D eigenvalue weighted by atomic mass is 10.1. The molecule has 7 heteroatoms. The average Bonchev–Trinajstić information content (AvgIpc) is 2.56. The van der Waals surface area contributed by atoms with Gasteiger partial charge in [0.25, 0.3) is 0 Å². The molecule has 0 saturated carbocycles. The maximum atomic E-state index is 12.8. The predicted octanol–water partition coefficient (Wildman–Crippen LogP) is 3.63. The summed E-state index contributed by atoms with van der Waals surface area (Å²) in [4.78, 5) is 16.1. The first-order valence-electron chi connectivity index (χ1n) is 7.10. The van der Waals surface area contributed by atoms with Gasteiger partial charge in [0, 0.05) is 17.0 Å². The number of hydrogen-bond acceptors (Lipinski definition) is 3. The van der Waals surface area contributed by atoms with Crippen LogP contribution in [0.15, 0.2) is 53.3 Å². The molecule has 24 heavy (non-hydrogen) atoms. The minimum Gasteiger partial charge on any atom is -0.497 e. The lowest BCUT2D eigenvalue weighted by molar-refractivity contribution is -0.140. The monoisotopic (exact) mass is 334 g/mol. The smallest absolute Gasteiger partial charge is 0.406 e. The van der Waals surface area contributed by atoms with Crippen LogP contribution in [0.5, 0.6) is 5.75 Å². The number of methoxy groups -OCH3 is 1. The van der Waals surface area contributed by atoms with Crippen LogP contribution in [0.2, 0.25) is 0 Å². The third-order valence-electron chi connectivity index (χ3n) is 3.57. The Kier molecular flexibility index (Phi) is 4.01. The van der Waals surface area contributed by atoms with Gasteiger partial charge in [0.1, 0.15) is 12.3 Å². The molecule has 0 aliphatic rings. The summed E-state index contributed by atoms with van der Waals surface area (Å²) in [6.45, 7) is -1.41. The van der Waals surface area contributed by atoms with Gasteiger partial charge in [-0.2, -0.15) is 18.2 Å². The summed E-state index contributed by atoms with van der Waals surface area (Å²) < 4.78 is 44.2. The molecule has 1 heterocycles. The summed E-state index contributed by atoms with van der Waals surface area (Å²) in [6, 6.07) is 13.5. The van der Waals surface area contributed by atoms with Gasteiger partial charge in [-0.1, -0.05) is 30.3 Å². The van der Waals surface area contributed by atoms with Crippen molar-refractivity contribution in [1.82, 2.24) is 9.55 Å². The molecule has 0 aliphatic heterocycles. The summed E-state index contributed by atoms with van der Waals surface area (Å²) in [7, 11) is 1.41. The second-order valence-electron chi connectivity index (χ2n) is 5.19. The number of alkyl halides is 3. The maximum absolute atomic E-state index is 12.8. The normalized spacial score (nSPS) is 11.7. The van der Waals surface area contributed by atoms with Gasteiger partial charge in [-0.3, -0.25) is 4.57 Å². The number of ether oxygens (including phenoxy) is 1. The Hall–Kier alpha value is -2.83. The molecule has 4 nitrogen and oxygen atoms in total. The molecule has 0 spiro atoms. The van der Waals surface area contributed by atoms with Crippen molar-refractivity contribution in [2.75, 3.05) is 7.11 Å². The van der Waals surface area contributed by atoms with E-state index in [0.717, 1.165) is 0 Å². The highest BCUT2D eigenvalue weighted by Gasteiger charge is 2.30. The number of halogens is 3. The Labute approximate surface area is 135 Å². The van der Waals surface area contributed by atoms with Crippen molar-refractivity contribution < 1.29 is 17.9 Å². The van der Waals surface area contributed by atoms with Gasteiger partial charge < -0.3 is 4.74 Å². The van der Waals surface area contributed by atoms with E-state index in [0.29, 0.717) is 27.0 Å². The SMILES string of the molecule is COc1ccc2c(-c3ccccc3)nc(=O)n(CC(F)(F)F)c2c1. The van der Waals surface area contributed by atoms with E-state index in [1.165, 1.54) is 13.2 Å². The van der Waals surface area contributed by atoms with Crippen LogP contribution in [-0.4, -0.2) is 22.8 Å². The van der Waals surface area contributed by atoms with E-state index in [2.05, 4.69) is 4.98 Å². The van der Waals surface area contributed by atoms with E-state index in [1.807, 2.05) is 0 Å². The third kappa shape index (κ3) is 3.10. The largest absolute Gasteiger partial charge is 0.497 e. The second kappa shape index (κ2) is 5.99. The Morgan fingerprint density at radius 3 is 2.46 bits per heavy atom. The van der Waals surface area contributed by atoms with Gasteiger partial charge in [0.2, 0.25) is 0 Å². The Bertz CT molecular complexity index is 934. The van der Waals surface area contributed by atoms with Crippen LogP contribution in [0.1, 0.15) is 0 Å². The van der Waals surface area contributed by atoms with Crippen molar-refractivity contribution in [2.24, 2.45) is 0 Å². The highest BCUT2D eigenvalue weighted by molar-refractivity contribution is 5.93. The summed E-state index contributed by atoms with van der Waals surface area (Å²) >= 11 is 0. The zero-order valence-corrected chi connectivity index (χ0v) is 12.7. The third-order valence-corrected chi connectivity index (χ3v) is 3.57. The lowest BCUT2D eigenvalue weighted by Crippen LogP contribution is -2.30. The van der Waals surface area contributed by atoms with E-state index < -0.39 is 18.4 Å². The molecule has 124 valence electrons. The van der Waals surface area contributed by atoms with Crippen LogP contribution in [-0.2, 0) is 6.54 Å². The number of benzene rings is 2. The van der Waals surface area contributed by atoms with Crippen molar-refractivity contribution in [3.63, 3.8) is 0 Å². The molecule has 0 radical (unpaired) electrons. The molecule has 0 N–H and O–H groups in total. The topological polar surface area (TPSA) is 44.1 Å². The fourth-order valence-corrected chi connectivity index (χ4v) is 2.53. The molecule has 2 aromatic carbocycles. The Morgan fingerprint density at radius 1 is 1.12 bits per heavy atom. The second-order valence-corrected chi connectivity index (χ2v) is 5.19. The molecule has 0 saturated heterocycles.